The van der Waals surface area contributed by atoms with Gasteiger partial charge in [-0.05, 0) is 32.7 Å². The van der Waals surface area contributed by atoms with Crippen molar-refractivity contribution in [1.82, 2.24) is 5.32 Å². The molecule has 1 N–H and O–H groups in total. The van der Waals surface area contributed by atoms with Crippen LogP contribution in [0.15, 0.2) is 0 Å². The van der Waals surface area contributed by atoms with Crippen LogP contribution in [0.2, 0.25) is 0 Å². The molecule has 0 aromatic rings. The first-order chi connectivity index (χ1) is 8.09. The molecule has 0 saturated heterocycles. The Kier molecular flexibility index (Phi) is 6.49. The zero-order chi connectivity index (χ0) is 12.7. The van der Waals surface area contributed by atoms with Gasteiger partial charge >= 0.3 is 0 Å². The fourth-order valence-corrected chi connectivity index (χ4v) is 4.46. The molecule has 1 fully saturated rings. The highest BCUT2D eigenvalue weighted by atomic mass is 32.2. The average Bonchev–Trinajstić information content (AvgIpc) is 2.82. The minimum absolute atomic E-state index is 0.0602. The van der Waals surface area contributed by atoms with Gasteiger partial charge in [0, 0.05) is 6.54 Å². The summed E-state index contributed by atoms with van der Waals surface area (Å²) in [5.74, 6) is 0. The molecule has 0 spiro atoms. The smallest absolute Gasteiger partial charge is 0.156 e. The van der Waals surface area contributed by atoms with E-state index >= 15 is 0 Å². The molecule has 1 atom stereocenters. The zero-order valence-corrected chi connectivity index (χ0v) is 12.1. The molecule has 1 unspecified atom stereocenters. The lowest BCUT2D eigenvalue weighted by Gasteiger charge is -2.18. The molecule has 102 valence electrons. The van der Waals surface area contributed by atoms with Crippen molar-refractivity contribution in [1.29, 1.82) is 0 Å². The van der Waals surface area contributed by atoms with E-state index in [9.17, 15) is 8.42 Å². The van der Waals surface area contributed by atoms with Gasteiger partial charge in [0.05, 0.1) is 10.5 Å². The number of hydrogen-bond acceptors (Lipinski definition) is 3. The topological polar surface area (TPSA) is 46.2 Å². The lowest BCUT2D eigenvalue weighted by molar-refractivity contribution is 0.551. The van der Waals surface area contributed by atoms with Gasteiger partial charge < -0.3 is 5.32 Å². The Balaban J connectivity index is 2.28. The van der Waals surface area contributed by atoms with Crippen LogP contribution in [0, 0.1) is 0 Å². The van der Waals surface area contributed by atoms with Crippen molar-refractivity contribution in [2.24, 2.45) is 0 Å². The molecule has 0 aromatic heterocycles. The van der Waals surface area contributed by atoms with Gasteiger partial charge in [-0.3, -0.25) is 0 Å². The van der Waals surface area contributed by atoms with E-state index in [2.05, 4.69) is 12.2 Å². The van der Waals surface area contributed by atoms with Crippen LogP contribution in [0.3, 0.4) is 0 Å². The first-order valence-corrected chi connectivity index (χ1v) is 8.63. The maximum atomic E-state index is 12.2. The summed E-state index contributed by atoms with van der Waals surface area (Å²) in [7, 11) is -2.89. The molecule has 0 aliphatic heterocycles. The maximum Gasteiger partial charge on any atom is 0.156 e. The van der Waals surface area contributed by atoms with Crippen molar-refractivity contribution >= 4 is 9.84 Å². The normalized spacial score (nSPS) is 19.6. The predicted molar refractivity (Wildman–Crippen MR) is 73.0 cm³/mol. The lowest BCUT2D eigenvalue weighted by atomic mass is 10.2. The summed E-state index contributed by atoms with van der Waals surface area (Å²) >= 11 is 0. The molecule has 1 saturated carbocycles. The van der Waals surface area contributed by atoms with Crippen LogP contribution in [-0.4, -0.2) is 32.0 Å². The maximum absolute atomic E-state index is 12.2. The van der Waals surface area contributed by atoms with Crippen LogP contribution in [0.1, 0.15) is 58.8 Å². The van der Waals surface area contributed by atoms with E-state index in [4.69, 9.17) is 0 Å². The Labute approximate surface area is 106 Å². The molecule has 0 amide bonds. The predicted octanol–water partition coefficient (Wildman–Crippen LogP) is 2.51. The van der Waals surface area contributed by atoms with Crippen LogP contribution in [0.4, 0.5) is 0 Å². The highest BCUT2D eigenvalue weighted by Crippen LogP contribution is 2.27. The highest BCUT2D eigenvalue weighted by molar-refractivity contribution is 7.92. The summed E-state index contributed by atoms with van der Waals surface area (Å²) < 4.78 is 24.4. The van der Waals surface area contributed by atoms with Crippen LogP contribution in [-0.2, 0) is 9.84 Å². The van der Waals surface area contributed by atoms with Gasteiger partial charge in [-0.2, -0.15) is 0 Å². The van der Waals surface area contributed by atoms with E-state index in [1.165, 1.54) is 12.8 Å². The summed E-state index contributed by atoms with van der Waals surface area (Å²) in [5, 5.41) is 2.98. The summed E-state index contributed by atoms with van der Waals surface area (Å²) in [5.41, 5.74) is 0. The quantitative estimate of drug-likeness (QED) is 0.683. The van der Waals surface area contributed by atoms with E-state index in [0.717, 1.165) is 38.6 Å². The van der Waals surface area contributed by atoms with Gasteiger partial charge in [0.2, 0.25) is 0 Å². The van der Waals surface area contributed by atoms with Gasteiger partial charge in [-0.15, -0.1) is 0 Å². The van der Waals surface area contributed by atoms with Crippen LogP contribution in [0.25, 0.3) is 0 Å². The SMILES string of the molecule is CCCCCNCC(C)S(=O)(=O)C1CCCC1. The molecular weight excluding hydrogens is 234 g/mol. The van der Waals surface area contributed by atoms with Crippen molar-refractivity contribution in [3.63, 3.8) is 0 Å². The molecule has 1 aliphatic carbocycles. The first kappa shape index (κ1) is 15.0. The van der Waals surface area contributed by atoms with Gasteiger partial charge in [0.1, 0.15) is 0 Å². The van der Waals surface area contributed by atoms with Crippen molar-refractivity contribution in [3.8, 4) is 0 Å². The van der Waals surface area contributed by atoms with E-state index in [-0.39, 0.29) is 10.5 Å². The molecule has 3 nitrogen and oxygen atoms in total. The third kappa shape index (κ3) is 4.59. The third-order valence-corrected chi connectivity index (χ3v) is 6.41. The second-order valence-corrected chi connectivity index (χ2v) is 7.87. The van der Waals surface area contributed by atoms with Crippen LogP contribution >= 0.6 is 0 Å². The first-order valence-electron chi connectivity index (χ1n) is 7.02. The fourth-order valence-electron chi connectivity index (χ4n) is 2.47. The Morgan fingerprint density at radius 1 is 1.24 bits per heavy atom. The van der Waals surface area contributed by atoms with E-state index < -0.39 is 9.84 Å². The fraction of sp³-hybridized carbons (Fsp3) is 1.00. The van der Waals surface area contributed by atoms with E-state index in [1.807, 2.05) is 6.92 Å². The number of rotatable bonds is 8. The number of nitrogens with one attached hydrogen (secondary N) is 1. The molecule has 1 aliphatic rings. The molecule has 0 radical (unpaired) electrons. The van der Waals surface area contributed by atoms with Gasteiger partial charge in [-0.25, -0.2) is 8.42 Å². The Morgan fingerprint density at radius 3 is 2.47 bits per heavy atom. The van der Waals surface area contributed by atoms with E-state index in [1.54, 1.807) is 0 Å². The average molecular weight is 261 g/mol. The Morgan fingerprint density at radius 2 is 1.88 bits per heavy atom. The molecule has 0 bridgehead atoms. The second-order valence-electron chi connectivity index (χ2n) is 5.22. The zero-order valence-electron chi connectivity index (χ0n) is 11.2. The monoisotopic (exact) mass is 261 g/mol. The molecule has 0 heterocycles. The van der Waals surface area contributed by atoms with Crippen molar-refractivity contribution in [2.45, 2.75) is 69.3 Å². The van der Waals surface area contributed by atoms with Gasteiger partial charge in [0.15, 0.2) is 9.84 Å². The van der Waals surface area contributed by atoms with E-state index in [0.29, 0.717) is 6.54 Å². The van der Waals surface area contributed by atoms with Crippen molar-refractivity contribution in [3.05, 3.63) is 0 Å². The molecule has 17 heavy (non-hydrogen) atoms. The summed E-state index contributed by atoms with van der Waals surface area (Å²) in [6.45, 7) is 5.58. The minimum Gasteiger partial charge on any atom is -0.315 e. The minimum atomic E-state index is -2.89. The highest BCUT2D eigenvalue weighted by Gasteiger charge is 2.32. The lowest BCUT2D eigenvalue weighted by Crippen LogP contribution is -2.36. The number of sulfone groups is 1. The third-order valence-electron chi connectivity index (χ3n) is 3.72. The second kappa shape index (κ2) is 7.37. The van der Waals surface area contributed by atoms with Crippen molar-refractivity contribution < 1.29 is 8.42 Å². The Bertz CT molecular complexity index is 295. The summed E-state index contributed by atoms with van der Waals surface area (Å²) in [4.78, 5) is 0. The molecule has 0 aromatic carbocycles. The largest absolute Gasteiger partial charge is 0.315 e. The summed E-state index contributed by atoms with van der Waals surface area (Å²) in [6.07, 6.45) is 7.49. The standard InChI is InChI=1S/C13H27NO2S/c1-3-4-7-10-14-11-12(2)17(15,16)13-8-5-6-9-13/h12-14H,3-11H2,1-2H3. The molecule has 1 rings (SSSR count). The molecular formula is C13H27NO2S. The van der Waals surface area contributed by atoms with Crippen LogP contribution < -0.4 is 5.32 Å². The Hall–Kier alpha value is -0.0900. The van der Waals surface area contributed by atoms with Crippen molar-refractivity contribution in [2.75, 3.05) is 13.1 Å². The van der Waals surface area contributed by atoms with Crippen LogP contribution in [0.5, 0.6) is 0 Å². The van der Waals surface area contributed by atoms with Gasteiger partial charge in [0.25, 0.3) is 0 Å². The number of unbranched alkanes of at least 4 members (excludes halogenated alkanes) is 2. The number of hydrogen-bond donors (Lipinski definition) is 1. The molecule has 4 heteroatoms. The van der Waals surface area contributed by atoms with Gasteiger partial charge in [-0.1, -0.05) is 32.6 Å². The summed E-state index contributed by atoms with van der Waals surface area (Å²) in [6, 6.07) is 0.